The van der Waals surface area contributed by atoms with Crippen LogP contribution in [-0.4, -0.2) is 98.3 Å². The minimum atomic E-state index is -1.76. The fourth-order valence-electron chi connectivity index (χ4n) is 6.00. The number of nitro groups is 1. The molecule has 0 unspecified atom stereocenters. The number of aliphatic carboxylic acids is 2. The van der Waals surface area contributed by atoms with Gasteiger partial charge in [-0.25, -0.2) is 4.79 Å². The lowest BCUT2D eigenvalue weighted by Crippen LogP contribution is -2.59. The number of carbonyl (C=O) groups excluding carboxylic acids is 6. The number of Topliss-reactive ketones (excluding diaryl/α,β-unsaturated/α-hetero) is 1. The van der Waals surface area contributed by atoms with Crippen molar-refractivity contribution >= 4 is 53.0 Å². The van der Waals surface area contributed by atoms with Crippen LogP contribution in [0.5, 0.6) is 5.75 Å². The van der Waals surface area contributed by atoms with E-state index < -0.39 is 120 Å². The number of rotatable bonds is 21. The Kier molecular flexibility index (Phi) is 16.9. The Morgan fingerprint density at radius 3 is 1.83 bits per heavy atom. The molecule has 3 rings (SSSR count). The van der Waals surface area contributed by atoms with Gasteiger partial charge in [-0.2, -0.15) is 0 Å². The third kappa shape index (κ3) is 14.0. The van der Waals surface area contributed by atoms with Crippen molar-refractivity contribution in [1.82, 2.24) is 21.3 Å². The van der Waals surface area contributed by atoms with Gasteiger partial charge in [-0.15, -0.1) is 0 Å². The Hall–Kier alpha value is -7.18. The molecule has 60 heavy (non-hydrogen) atoms. The summed E-state index contributed by atoms with van der Waals surface area (Å²) in [5.41, 5.74) is 2.16. The van der Waals surface area contributed by atoms with E-state index >= 15 is 0 Å². The number of hydrogen-bond acceptors (Lipinski definition) is 12. The fraction of sp³-hybridized carbons (Fsp3) is 0.366. The number of nitrogens with one attached hydrogen (secondary N) is 4. The standard InChI is InChI=1S/C41H47N5O14/c1-21(2)37(40(56)43-27(18-34(50)51)32(48)20-60-41(57)36-23(4)7-6-8-24(36)5)45-39(55)28(15-25-11-9-22(3)10-12-25)44-38(54)29(19-35(52)53)42-33(49)17-26-13-14-31(47)30(16-26)46(58)59/h6-14,16,21,27-29,37,47H,15,17-20H2,1-5H3,(H,42,49)(H,43,56)(H,44,54)(H,45,55)(H,50,51)(H,52,53)/t27-,28+,29-,37-/m0/s1. The number of aromatic hydroxyl groups is 1. The number of esters is 1. The minimum absolute atomic E-state index is 0.0618. The largest absolute Gasteiger partial charge is 0.502 e. The summed E-state index contributed by atoms with van der Waals surface area (Å²) in [5.74, 6) is -10.0. The Morgan fingerprint density at radius 1 is 0.717 bits per heavy atom. The molecule has 3 aromatic carbocycles. The number of aryl methyl sites for hydroxylation is 3. The summed E-state index contributed by atoms with van der Waals surface area (Å²) in [5, 5.41) is 49.6. The molecule has 19 nitrogen and oxygen atoms in total. The van der Waals surface area contributed by atoms with Crippen molar-refractivity contribution in [3.63, 3.8) is 0 Å². The van der Waals surface area contributed by atoms with E-state index in [9.17, 15) is 63.8 Å². The highest BCUT2D eigenvalue weighted by atomic mass is 16.6. The second-order valence-electron chi connectivity index (χ2n) is 14.4. The molecule has 0 heterocycles. The summed E-state index contributed by atoms with van der Waals surface area (Å²) in [6.45, 7) is 7.36. The van der Waals surface area contributed by atoms with Crippen molar-refractivity contribution in [1.29, 1.82) is 0 Å². The van der Waals surface area contributed by atoms with Gasteiger partial charge in [-0.1, -0.05) is 67.9 Å². The van der Waals surface area contributed by atoms with Gasteiger partial charge in [0.15, 0.2) is 18.1 Å². The van der Waals surface area contributed by atoms with E-state index in [4.69, 9.17) is 4.74 Å². The monoisotopic (exact) mass is 833 g/mol. The summed E-state index contributed by atoms with van der Waals surface area (Å²) in [6, 6.07) is 8.64. The van der Waals surface area contributed by atoms with Crippen molar-refractivity contribution in [2.75, 3.05) is 6.61 Å². The summed E-state index contributed by atoms with van der Waals surface area (Å²) >= 11 is 0. The molecule has 7 N–H and O–H groups in total. The zero-order valence-electron chi connectivity index (χ0n) is 33.5. The second-order valence-corrected chi connectivity index (χ2v) is 14.4. The Morgan fingerprint density at radius 2 is 1.27 bits per heavy atom. The topological polar surface area (TPSA) is 298 Å². The molecule has 4 atom stereocenters. The normalized spacial score (nSPS) is 12.8. The average Bonchev–Trinajstić information content (AvgIpc) is 3.15. The molecule has 0 radical (unpaired) electrons. The molecule has 0 spiro atoms. The maximum absolute atomic E-state index is 14.0. The first kappa shape index (κ1) is 47.2. The van der Waals surface area contributed by atoms with Crippen LogP contribution in [-0.2, 0) is 51.1 Å². The highest BCUT2D eigenvalue weighted by Crippen LogP contribution is 2.26. The van der Waals surface area contributed by atoms with Crippen LogP contribution < -0.4 is 21.3 Å². The van der Waals surface area contributed by atoms with Gasteiger partial charge in [0.05, 0.1) is 29.7 Å². The average molecular weight is 834 g/mol. The van der Waals surface area contributed by atoms with Crippen LogP contribution in [0.1, 0.15) is 64.9 Å². The Labute approximate surface area is 344 Å². The number of nitrogens with zero attached hydrogens (tertiary/aromatic N) is 1. The van der Waals surface area contributed by atoms with E-state index in [0.29, 0.717) is 16.7 Å². The van der Waals surface area contributed by atoms with Gasteiger partial charge in [-0.05, 0) is 55.0 Å². The summed E-state index contributed by atoms with van der Waals surface area (Å²) in [4.78, 5) is 114. The van der Waals surface area contributed by atoms with E-state index in [0.717, 1.165) is 17.7 Å². The van der Waals surface area contributed by atoms with E-state index in [1.54, 1.807) is 70.2 Å². The highest BCUT2D eigenvalue weighted by Gasteiger charge is 2.34. The molecule has 0 aromatic heterocycles. The fourth-order valence-corrected chi connectivity index (χ4v) is 6.00. The number of amides is 4. The van der Waals surface area contributed by atoms with E-state index in [1.807, 2.05) is 6.92 Å². The second kappa shape index (κ2) is 21.5. The molecule has 0 aliphatic heterocycles. The van der Waals surface area contributed by atoms with Crippen molar-refractivity contribution in [3.8, 4) is 5.75 Å². The maximum atomic E-state index is 14.0. The highest BCUT2D eigenvalue weighted by molar-refractivity contribution is 5.99. The Bertz CT molecular complexity index is 2120. The van der Waals surface area contributed by atoms with Crippen molar-refractivity contribution < 1.29 is 63.3 Å². The van der Waals surface area contributed by atoms with Crippen LogP contribution in [0.2, 0.25) is 0 Å². The predicted octanol–water partition coefficient (Wildman–Crippen LogP) is 1.98. The first-order valence-electron chi connectivity index (χ1n) is 18.6. The summed E-state index contributed by atoms with van der Waals surface area (Å²) in [7, 11) is 0. The van der Waals surface area contributed by atoms with Crippen LogP contribution in [0.3, 0.4) is 0 Å². The number of nitro benzene ring substituents is 1. The van der Waals surface area contributed by atoms with Gasteiger partial charge in [-0.3, -0.25) is 43.7 Å². The number of carboxylic acids is 2. The molecular weight excluding hydrogens is 786 g/mol. The van der Waals surface area contributed by atoms with Gasteiger partial charge >= 0.3 is 23.6 Å². The third-order valence-electron chi connectivity index (χ3n) is 9.19. The van der Waals surface area contributed by atoms with Crippen LogP contribution in [0.4, 0.5) is 5.69 Å². The molecular formula is C41H47N5O14. The van der Waals surface area contributed by atoms with Crippen molar-refractivity contribution in [2.45, 2.75) is 84.5 Å². The van der Waals surface area contributed by atoms with E-state index in [2.05, 4.69) is 21.3 Å². The first-order chi connectivity index (χ1) is 28.2. The van der Waals surface area contributed by atoms with Gasteiger partial charge in [0.2, 0.25) is 23.6 Å². The SMILES string of the molecule is Cc1ccc(C[C@@H](NC(=O)[C@H](CC(=O)O)NC(=O)Cc2ccc(O)c([N+](=O)[O-])c2)C(=O)N[C@H](C(=O)N[C@@H](CC(=O)O)C(=O)COC(=O)c2c(C)cccc2C)C(C)C)cc1. The zero-order valence-corrected chi connectivity index (χ0v) is 33.5. The van der Waals surface area contributed by atoms with Gasteiger partial charge < -0.3 is 41.3 Å². The van der Waals surface area contributed by atoms with Crippen LogP contribution in [0, 0.1) is 36.8 Å². The number of carboxylic acid groups (broad SMARTS) is 2. The number of benzene rings is 3. The quantitative estimate of drug-likeness (QED) is 0.0459. The van der Waals surface area contributed by atoms with Gasteiger partial charge in [0.25, 0.3) is 0 Å². The minimum Gasteiger partial charge on any atom is -0.502 e. The molecule has 0 aliphatic carbocycles. The van der Waals surface area contributed by atoms with Crippen molar-refractivity contribution in [2.24, 2.45) is 5.92 Å². The molecule has 0 saturated carbocycles. The summed E-state index contributed by atoms with van der Waals surface area (Å²) < 4.78 is 5.18. The van der Waals surface area contributed by atoms with Crippen LogP contribution in [0.15, 0.2) is 60.7 Å². The van der Waals surface area contributed by atoms with Crippen molar-refractivity contribution in [3.05, 3.63) is 104 Å². The van der Waals surface area contributed by atoms with Gasteiger partial charge in [0, 0.05) is 12.5 Å². The number of ether oxygens (including phenoxy) is 1. The molecule has 19 heteroatoms. The van der Waals surface area contributed by atoms with E-state index in [1.165, 1.54) is 6.07 Å². The number of phenolic OH excluding ortho intramolecular Hbond substituents is 1. The van der Waals surface area contributed by atoms with Gasteiger partial charge in [0.1, 0.15) is 24.2 Å². The lowest BCUT2D eigenvalue weighted by atomic mass is 9.99. The molecule has 3 aromatic rings. The third-order valence-corrected chi connectivity index (χ3v) is 9.19. The molecule has 0 fully saturated rings. The molecule has 0 bridgehead atoms. The van der Waals surface area contributed by atoms with Crippen LogP contribution >= 0.6 is 0 Å². The molecule has 320 valence electrons. The lowest BCUT2D eigenvalue weighted by Gasteiger charge is -2.28. The summed E-state index contributed by atoms with van der Waals surface area (Å²) in [6.07, 6.45) is -2.58. The predicted molar refractivity (Wildman–Crippen MR) is 212 cm³/mol. The zero-order chi connectivity index (χ0) is 44.8. The van der Waals surface area contributed by atoms with Crippen LogP contribution in [0.25, 0.3) is 0 Å². The van der Waals surface area contributed by atoms with E-state index in [-0.39, 0.29) is 17.5 Å². The number of carbonyl (C=O) groups is 8. The molecule has 0 saturated heterocycles. The maximum Gasteiger partial charge on any atom is 0.339 e. The smallest absolute Gasteiger partial charge is 0.339 e. The number of ketones is 1. The molecule has 0 aliphatic rings. The number of hydrogen-bond donors (Lipinski definition) is 7. The lowest BCUT2D eigenvalue weighted by molar-refractivity contribution is -0.385. The number of phenols is 1. The first-order valence-corrected chi connectivity index (χ1v) is 18.6. The molecule has 4 amide bonds. The Balaban J connectivity index is 1.82.